The fourth-order valence-corrected chi connectivity index (χ4v) is 2.37. The second kappa shape index (κ2) is 4.24. The third kappa shape index (κ3) is 1.78. The molecule has 0 bridgehead atoms. The van der Waals surface area contributed by atoms with Crippen LogP contribution in [0.1, 0.15) is 5.56 Å². The minimum atomic E-state index is -0.348. The molecule has 0 saturated heterocycles. The van der Waals surface area contributed by atoms with E-state index in [4.69, 9.17) is 0 Å². The summed E-state index contributed by atoms with van der Waals surface area (Å²) in [6.45, 7) is 2.01. The molecule has 0 aliphatic heterocycles. The van der Waals surface area contributed by atoms with Crippen LogP contribution in [0, 0.1) is 17.0 Å². The van der Waals surface area contributed by atoms with Crippen LogP contribution in [0.2, 0.25) is 0 Å². The van der Waals surface area contributed by atoms with Gasteiger partial charge in [-0.15, -0.1) is 0 Å². The summed E-state index contributed by atoms with van der Waals surface area (Å²) in [6.07, 6.45) is 1.94. The monoisotopic (exact) mass is 252 g/mol. The maximum Gasteiger partial charge on any atom is 0.293 e. The lowest BCUT2D eigenvalue weighted by Gasteiger charge is -2.05. The minimum absolute atomic E-state index is 0.114. The van der Waals surface area contributed by atoms with Crippen LogP contribution in [-0.4, -0.2) is 9.49 Å². The molecule has 0 saturated carbocycles. The van der Waals surface area contributed by atoms with Crippen molar-refractivity contribution >= 4 is 16.6 Å². The maximum absolute atomic E-state index is 11.1. The molecule has 2 aromatic carbocycles. The Labute approximate surface area is 110 Å². The predicted molar refractivity (Wildman–Crippen MR) is 74.7 cm³/mol. The van der Waals surface area contributed by atoms with Gasteiger partial charge in [-0.1, -0.05) is 30.3 Å². The molecule has 4 nitrogen and oxygen atoms in total. The number of hydrogen-bond acceptors (Lipinski definition) is 2. The summed E-state index contributed by atoms with van der Waals surface area (Å²) in [5.74, 6) is 0. The molecule has 0 radical (unpaired) electrons. The molecule has 94 valence electrons. The predicted octanol–water partition coefficient (Wildman–Crippen LogP) is 3.85. The molecule has 0 spiro atoms. The normalized spacial score (nSPS) is 10.8. The summed E-state index contributed by atoms with van der Waals surface area (Å²) < 4.78 is 1.88. The molecule has 1 heterocycles. The minimum Gasteiger partial charge on any atom is -0.310 e. The van der Waals surface area contributed by atoms with Crippen molar-refractivity contribution < 1.29 is 4.92 Å². The first-order valence-electron chi connectivity index (χ1n) is 5.99. The van der Waals surface area contributed by atoms with Gasteiger partial charge < -0.3 is 4.57 Å². The Kier molecular flexibility index (Phi) is 2.56. The van der Waals surface area contributed by atoms with E-state index in [1.807, 2.05) is 48.0 Å². The first-order valence-corrected chi connectivity index (χ1v) is 5.99. The van der Waals surface area contributed by atoms with Gasteiger partial charge in [-0.3, -0.25) is 10.1 Å². The molecule has 0 aliphatic carbocycles. The average Bonchev–Trinajstić information content (AvgIpc) is 2.77. The number of aromatic nitrogens is 1. The summed E-state index contributed by atoms with van der Waals surface area (Å²) in [4.78, 5) is 10.8. The fraction of sp³-hybridized carbons (Fsp3) is 0.0667. The van der Waals surface area contributed by atoms with Gasteiger partial charge in [0, 0.05) is 17.6 Å². The van der Waals surface area contributed by atoms with E-state index in [0.29, 0.717) is 5.69 Å². The van der Waals surface area contributed by atoms with Gasteiger partial charge in [-0.25, -0.2) is 0 Å². The Morgan fingerprint density at radius 3 is 2.53 bits per heavy atom. The molecule has 4 heteroatoms. The van der Waals surface area contributed by atoms with Gasteiger partial charge in [-0.2, -0.15) is 0 Å². The van der Waals surface area contributed by atoms with Crippen LogP contribution >= 0.6 is 0 Å². The second-order valence-corrected chi connectivity index (χ2v) is 4.45. The van der Waals surface area contributed by atoms with E-state index in [1.54, 1.807) is 12.1 Å². The number of hydrogen-bond donors (Lipinski definition) is 0. The van der Waals surface area contributed by atoms with Gasteiger partial charge in [0.1, 0.15) is 5.69 Å². The zero-order valence-corrected chi connectivity index (χ0v) is 10.4. The highest BCUT2D eigenvalue weighted by molar-refractivity contribution is 5.86. The topological polar surface area (TPSA) is 48.1 Å². The lowest BCUT2D eigenvalue weighted by Crippen LogP contribution is -1.98. The van der Waals surface area contributed by atoms with Crippen LogP contribution in [0.15, 0.2) is 54.7 Å². The van der Waals surface area contributed by atoms with Crippen LogP contribution in [0.3, 0.4) is 0 Å². The highest BCUT2D eigenvalue weighted by Crippen LogP contribution is 2.29. The SMILES string of the molecule is Cc1cn(-c2ccccc2[N+](=O)[O-])c2ccccc12. The molecule has 0 aliphatic rings. The molecular weight excluding hydrogens is 240 g/mol. The molecule has 1 aromatic heterocycles. The molecule has 0 N–H and O–H groups in total. The zero-order valence-electron chi connectivity index (χ0n) is 10.4. The molecule has 0 atom stereocenters. The van der Waals surface area contributed by atoms with E-state index in [-0.39, 0.29) is 10.6 Å². The molecular formula is C15H12N2O2. The Bertz CT molecular complexity index is 775. The smallest absolute Gasteiger partial charge is 0.293 e. The van der Waals surface area contributed by atoms with Crippen molar-refractivity contribution in [3.63, 3.8) is 0 Å². The number of nitrogens with zero attached hydrogens (tertiary/aromatic N) is 2. The van der Waals surface area contributed by atoms with Gasteiger partial charge in [0.05, 0.1) is 10.4 Å². The Balaban J connectivity index is 2.34. The number of rotatable bonds is 2. The summed E-state index contributed by atoms with van der Waals surface area (Å²) in [6, 6.07) is 14.7. The first kappa shape index (κ1) is 11.5. The van der Waals surface area contributed by atoms with Crippen molar-refractivity contribution in [1.29, 1.82) is 0 Å². The van der Waals surface area contributed by atoms with E-state index in [2.05, 4.69) is 0 Å². The number of aryl methyl sites for hydroxylation is 1. The van der Waals surface area contributed by atoms with Gasteiger partial charge in [0.2, 0.25) is 0 Å². The lowest BCUT2D eigenvalue weighted by molar-refractivity contribution is -0.384. The van der Waals surface area contributed by atoms with E-state index < -0.39 is 0 Å². The number of nitro groups is 1. The van der Waals surface area contributed by atoms with Crippen LogP contribution in [0.4, 0.5) is 5.69 Å². The summed E-state index contributed by atoms with van der Waals surface area (Å²) in [7, 11) is 0. The highest BCUT2D eigenvalue weighted by atomic mass is 16.6. The first-order chi connectivity index (χ1) is 9.18. The average molecular weight is 252 g/mol. The third-order valence-corrected chi connectivity index (χ3v) is 3.25. The maximum atomic E-state index is 11.1. The van der Waals surface area contributed by atoms with E-state index in [0.717, 1.165) is 16.5 Å². The van der Waals surface area contributed by atoms with Crippen molar-refractivity contribution in [2.75, 3.05) is 0 Å². The zero-order chi connectivity index (χ0) is 13.4. The van der Waals surface area contributed by atoms with E-state index in [9.17, 15) is 10.1 Å². The number of nitro benzene ring substituents is 1. The molecule has 3 aromatic rings. The van der Waals surface area contributed by atoms with Crippen molar-refractivity contribution in [3.05, 3.63) is 70.4 Å². The molecule has 3 rings (SSSR count). The Morgan fingerprint density at radius 1 is 1.05 bits per heavy atom. The van der Waals surface area contributed by atoms with Crippen LogP contribution in [0.5, 0.6) is 0 Å². The van der Waals surface area contributed by atoms with Crippen LogP contribution < -0.4 is 0 Å². The van der Waals surface area contributed by atoms with Crippen molar-refractivity contribution in [2.45, 2.75) is 6.92 Å². The fourth-order valence-electron chi connectivity index (χ4n) is 2.37. The van der Waals surface area contributed by atoms with Gasteiger partial charge in [0.15, 0.2) is 0 Å². The highest BCUT2D eigenvalue weighted by Gasteiger charge is 2.16. The second-order valence-electron chi connectivity index (χ2n) is 4.45. The standard InChI is InChI=1S/C15H12N2O2/c1-11-10-16(13-7-3-2-6-12(11)13)14-8-4-5-9-15(14)17(18)19/h2-10H,1H3. The van der Waals surface area contributed by atoms with E-state index in [1.165, 1.54) is 6.07 Å². The largest absolute Gasteiger partial charge is 0.310 e. The van der Waals surface area contributed by atoms with Gasteiger partial charge >= 0.3 is 0 Å². The molecule has 0 unspecified atom stereocenters. The third-order valence-electron chi connectivity index (χ3n) is 3.25. The van der Waals surface area contributed by atoms with Gasteiger partial charge in [-0.05, 0) is 24.6 Å². The Hall–Kier alpha value is -2.62. The molecule has 0 amide bonds. The number of para-hydroxylation sites is 3. The van der Waals surface area contributed by atoms with E-state index >= 15 is 0 Å². The van der Waals surface area contributed by atoms with Crippen molar-refractivity contribution in [3.8, 4) is 5.69 Å². The van der Waals surface area contributed by atoms with Crippen molar-refractivity contribution in [2.24, 2.45) is 0 Å². The summed E-state index contributed by atoms with van der Waals surface area (Å²) in [5, 5.41) is 12.2. The van der Waals surface area contributed by atoms with Crippen LogP contribution in [0.25, 0.3) is 16.6 Å². The summed E-state index contributed by atoms with van der Waals surface area (Å²) >= 11 is 0. The summed E-state index contributed by atoms with van der Waals surface area (Å²) in [5.41, 5.74) is 2.79. The molecule has 19 heavy (non-hydrogen) atoms. The number of benzene rings is 2. The Morgan fingerprint density at radius 2 is 1.74 bits per heavy atom. The lowest BCUT2D eigenvalue weighted by atomic mass is 10.2. The number of fused-ring (bicyclic) bond motifs is 1. The molecule has 0 fully saturated rings. The van der Waals surface area contributed by atoms with Crippen LogP contribution in [-0.2, 0) is 0 Å². The quantitative estimate of drug-likeness (QED) is 0.513. The van der Waals surface area contributed by atoms with Crippen molar-refractivity contribution in [1.82, 2.24) is 4.57 Å². The van der Waals surface area contributed by atoms with Gasteiger partial charge in [0.25, 0.3) is 5.69 Å².